The van der Waals surface area contributed by atoms with E-state index in [9.17, 15) is 14.4 Å². The standard InChI is InChI=1S/C20H19N3O3S/c1-14(24)15-5-2-6-16(13-15)21-19(25)8-3-11-23-20(26)10-9-17(22-23)18-7-4-12-27-18/h2,4-7,9-10,12-13H,3,8,11H2,1H3,(H,21,25). The van der Waals surface area contributed by atoms with Crippen molar-refractivity contribution < 1.29 is 9.59 Å². The van der Waals surface area contributed by atoms with Gasteiger partial charge in [-0.1, -0.05) is 18.2 Å². The summed E-state index contributed by atoms with van der Waals surface area (Å²) in [5.41, 5.74) is 1.69. The predicted octanol–water partition coefficient (Wildman–Crippen LogP) is 3.59. The van der Waals surface area contributed by atoms with Crippen LogP contribution in [0.5, 0.6) is 0 Å². The molecule has 1 aromatic carbocycles. The molecule has 0 spiro atoms. The largest absolute Gasteiger partial charge is 0.326 e. The van der Waals surface area contributed by atoms with Gasteiger partial charge in [0.15, 0.2) is 5.78 Å². The summed E-state index contributed by atoms with van der Waals surface area (Å²) in [6.07, 6.45) is 0.737. The number of benzene rings is 1. The number of anilines is 1. The summed E-state index contributed by atoms with van der Waals surface area (Å²) < 4.78 is 1.39. The molecule has 3 aromatic rings. The molecule has 138 valence electrons. The molecule has 0 saturated carbocycles. The van der Waals surface area contributed by atoms with Gasteiger partial charge in [0.05, 0.1) is 4.88 Å². The predicted molar refractivity (Wildman–Crippen MR) is 106 cm³/mol. The number of hydrogen-bond donors (Lipinski definition) is 1. The van der Waals surface area contributed by atoms with E-state index >= 15 is 0 Å². The third kappa shape index (κ3) is 4.98. The van der Waals surface area contributed by atoms with Crippen molar-refractivity contribution in [3.8, 4) is 10.6 Å². The van der Waals surface area contributed by atoms with Gasteiger partial charge in [0.25, 0.3) is 5.56 Å². The van der Waals surface area contributed by atoms with Crippen LogP contribution in [0.3, 0.4) is 0 Å². The summed E-state index contributed by atoms with van der Waals surface area (Å²) in [6.45, 7) is 1.84. The van der Waals surface area contributed by atoms with Gasteiger partial charge in [0, 0.05) is 30.3 Å². The Kier molecular flexibility index (Phi) is 5.93. The number of nitrogens with zero attached hydrogens (tertiary/aromatic N) is 2. The average molecular weight is 381 g/mol. The van der Waals surface area contributed by atoms with Crippen LogP contribution in [-0.2, 0) is 11.3 Å². The Hall–Kier alpha value is -3.06. The minimum atomic E-state index is -0.190. The maximum absolute atomic E-state index is 12.1. The maximum Gasteiger partial charge on any atom is 0.266 e. The van der Waals surface area contributed by atoms with Crippen LogP contribution in [0.15, 0.2) is 58.7 Å². The fourth-order valence-electron chi connectivity index (χ4n) is 2.59. The molecule has 0 aliphatic carbocycles. The highest BCUT2D eigenvalue weighted by Crippen LogP contribution is 2.21. The minimum Gasteiger partial charge on any atom is -0.326 e. The van der Waals surface area contributed by atoms with E-state index in [1.807, 2.05) is 17.5 Å². The van der Waals surface area contributed by atoms with Crippen LogP contribution < -0.4 is 10.9 Å². The Morgan fingerprint density at radius 3 is 2.74 bits per heavy atom. The second-order valence-electron chi connectivity index (χ2n) is 6.05. The molecule has 0 bridgehead atoms. The summed E-state index contributed by atoms with van der Waals surface area (Å²) in [5, 5.41) is 9.10. The highest BCUT2D eigenvalue weighted by molar-refractivity contribution is 7.13. The molecule has 6 nitrogen and oxygen atoms in total. The number of aromatic nitrogens is 2. The van der Waals surface area contributed by atoms with Gasteiger partial charge in [-0.2, -0.15) is 5.10 Å². The van der Waals surface area contributed by atoms with Gasteiger partial charge < -0.3 is 5.32 Å². The van der Waals surface area contributed by atoms with Crippen molar-refractivity contribution in [1.29, 1.82) is 0 Å². The number of carbonyl (C=O) groups excluding carboxylic acids is 2. The molecule has 0 fully saturated rings. The summed E-state index contributed by atoms with van der Waals surface area (Å²) in [6, 6.07) is 13.9. The minimum absolute atomic E-state index is 0.0535. The number of ketones is 1. The van der Waals surface area contributed by atoms with Crippen molar-refractivity contribution in [3.05, 3.63) is 69.8 Å². The molecular weight excluding hydrogens is 362 g/mol. The molecule has 0 aliphatic heterocycles. The summed E-state index contributed by atoms with van der Waals surface area (Å²) in [7, 11) is 0. The number of hydrogen-bond acceptors (Lipinski definition) is 5. The number of nitrogens with one attached hydrogen (secondary N) is 1. The van der Waals surface area contributed by atoms with Crippen molar-refractivity contribution >= 4 is 28.7 Å². The zero-order valence-electron chi connectivity index (χ0n) is 14.8. The Morgan fingerprint density at radius 2 is 2.00 bits per heavy atom. The highest BCUT2D eigenvalue weighted by atomic mass is 32.1. The fourth-order valence-corrected chi connectivity index (χ4v) is 3.28. The monoisotopic (exact) mass is 381 g/mol. The fraction of sp³-hybridized carbons (Fsp3) is 0.200. The summed E-state index contributed by atoms with van der Waals surface area (Å²) in [4.78, 5) is 36.5. The Bertz CT molecular complexity index is 1010. The third-order valence-corrected chi connectivity index (χ3v) is 4.86. The first kappa shape index (κ1) is 18.7. The normalized spacial score (nSPS) is 10.6. The highest BCUT2D eigenvalue weighted by Gasteiger charge is 2.07. The zero-order valence-corrected chi connectivity index (χ0v) is 15.7. The summed E-state index contributed by atoms with van der Waals surface area (Å²) >= 11 is 1.56. The molecular formula is C20H19N3O3S. The molecule has 2 aromatic heterocycles. The van der Waals surface area contributed by atoms with Crippen LogP contribution in [0.4, 0.5) is 5.69 Å². The molecule has 0 aliphatic rings. The molecule has 3 rings (SSSR count). The second-order valence-corrected chi connectivity index (χ2v) is 6.99. The molecule has 7 heteroatoms. The lowest BCUT2D eigenvalue weighted by atomic mass is 10.1. The molecule has 2 heterocycles. The lowest BCUT2D eigenvalue weighted by Crippen LogP contribution is -2.23. The number of thiophene rings is 1. The average Bonchev–Trinajstić information content (AvgIpc) is 3.18. The van der Waals surface area contributed by atoms with Crippen LogP contribution in [0.2, 0.25) is 0 Å². The Morgan fingerprint density at radius 1 is 1.15 bits per heavy atom. The molecule has 0 atom stereocenters. The first-order valence-corrected chi connectivity index (χ1v) is 9.44. The van der Waals surface area contributed by atoms with Crippen molar-refractivity contribution in [2.24, 2.45) is 0 Å². The quantitative estimate of drug-likeness (QED) is 0.634. The number of carbonyl (C=O) groups is 2. The van der Waals surface area contributed by atoms with Gasteiger partial charge in [-0.25, -0.2) is 4.68 Å². The number of Topliss-reactive ketones (excluding diaryl/α,β-unsaturated/α-hetero) is 1. The molecule has 1 N–H and O–H groups in total. The van der Waals surface area contributed by atoms with E-state index in [1.165, 1.54) is 17.7 Å². The van der Waals surface area contributed by atoms with Gasteiger partial charge in [-0.05, 0) is 43.0 Å². The number of amides is 1. The second kappa shape index (κ2) is 8.55. The van der Waals surface area contributed by atoms with Crippen LogP contribution in [-0.4, -0.2) is 21.5 Å². The molecule has 0 radical (unpaired) electrons. The lowest BCUT2D eigenvalue weighted by molar-refractivity contribution is -0.116. The van der Waals surface area contributed by atoms with Crippen LogP contribution in [0, 0.1) is 0 Å². The third-order valence-electron chi connectivity index (χ3n) is 3.97. The van der Waals surface area contributed by atoms with E-state index < -0.39 is 0 Å². The topological polar surface area (TPSA) is 81.1 Å². The van der Waals surface area contributed by atoms with Gasteiger partial charge in [0.1, 0.15) is 5.69 Å². The number of aryl methyl sites for hydroxylation is 1. The van der Waals surface area contributed by atoms with Crippen LogP contribution in [0.25, 0.3) is 10.6 Å². The number of rotatable bonds is 7. The van der Waals surface area contributed by atoms with E-state index in [-0.39, 0.29) is 23.7 Å². The van der Waals surface area contributed by atoms with Crippen LogP contribution in [0.1, 0.15) is 30.1 Å². The maximum atomic E-state index is 12.1. The molecule has 1 amide bonds. The van der Waals surface area contributed by atoms with Gasteiger partial charge in [-0.15, -0.1) is 11.3 Å². The van der Waals surface area contributed by atoms with Crippen molar-refractivity contribution in [2.75, 3.05) is 5.32 Å². The lowest BCUT2D eigenvalue weighted by Gasteiger charge is -2.08. The molecule has 0 saturated heterocycles. The van der Waals surface area contributed by atoms with E-state index in [4.69, 9.17) is 0 Å². The van der Waals surface area contributed by atoms with Crippen LogP contribution >= 0.6 is 11.3 Å². The Labute approximate surface area is 160 Å². The smallest absolute Gasteiger partial charge is 0.266 e. The van der Waals surface area contributed by atoms with Crippen molar-refractivity contribution in [2.45, 2.75) is 26.3 Å². The van der Waals surface area contributed by atoms with Gasteiger partial charge in [-0.3, -0.25) is 14.4 Å². The Balaban J connectivity index is 1.57. The zero-order chi connectivity index (χ0) is 19.2. The van der Waals surface area contributed by atoms with Crippen molar-refractivity contribution in [1.82, 2.24) is 9.78 Å². The van der Waals surface area contributed by atoms with Gasteiger partial charge >= 0.3 is 0 Å². The van der Waals surface area contributed by atoms with Gasteiger partial charge in [0.2, 0.25) is 5.91 Å². The molecule has 0 unspecified atom stereocenters. The SMILES string of the molecule is CC(=O)c1cccc(NC(=O)CCCn2nc(-c3cccs3)ccc2=O)c1. The van der Waals surface area contributed by atoms with E-state index in [1.54, 1.807) is 41.7 Å². The van der Waals surface area contributed by atoms with E-state index in [0.29, 0.717) is 24.2 Å². The van der Waals surface area contributed by atoms with E-state index in [0.717, 1.165) is 10.6 Å². The summed E-state index contributed by atoms with van der Waals surface area (Å²) in [5.74, 6) is -0.222. The first-order chi connectivity index (χ1) is 13.0. The molecule has 27 heavy (non-hydrogen) atoms. The van der Waals surface area contributed by atoms with E-state index in [2.05, 4.69) is 10.4 Å². The first-order valence-electron chi connectivity index (χ1n) is 8.56. The van der Waals surface area contributed by atoms with Crippen molar-refractivity contribution in [3.63, 3.8) is 0 Å².